The van der Waals surface area contributed by atoms with Gasteiger partial charge in [0.15, 0.2) is 5.79 Å². The summed E-state index contributed by atoms with van der Waals surface area (Å²) in [4.78, 5) is 2.55. The Morgan fingerprint density at radius 3 is 2.81 bits per heavy atom. The molecule has 3 aliphatic rings. The van der Waals surface area contributed by atoms with Crippen molar-refractivity contribution < 1.29 is 9.47 Å². The molecule has 2 unspecified atom stereocenters. The van der Waals surface area contributed by atoms with Gasteiger partial charge in [-0.2, -0.15) is 0 Å². The van der Waals surface area contributed by atoms with E-state index in [0.717, 1.165) is 25.9 Å². The van der Waals surface area contributed by atoms with Crippen LogP contribution in [0.2, 0.25) is 0 Å². The normalized spacial score (nSPS) is 37.7. The second kappa shape index (κ2) is 4.53. The number of fused-ring (bicyclic) bond motifs is 1. The van der Waals surface area contributed by atoms with Gasteiger partial charge in [-0.1, -0.05) is 24.3 Å². The largest absolute Gasteiger partial charge is 0.343 e. The van der Waals surface area contributed by atoms with Gasteiger partial charge in [0, 0.05) is 25.7 Å². The fourth-order valence-electron chi connectivity index (χ4n) is 4.16. The molecule has 0 radical (unpaired) electrons. The summed E-state index contributed by atoms with van der Waals surface area (Å²) in [6, 6.07) is 9.20. The molecule has 114 valence electrons. The zero-order valence-electron chi connectivity index (χ0n) is 12.8. The summed E-state index contributed by atoms with van der Waals surface area (Å²) in [5.41, 5.74) is 8.68. The van der Waals surface area contributed by atoms with Crippen molar-refractivity contribution in [3.63, 3.8) is 0 Å². The number of ether oxygens (including phenoxy) is 2. The van der Waals surface area contributed by atoms with E-state index in [4.69, 9.17) is 15.2 Å². The molecule has 4 rings (SSSR count). The second-order valence-electron chi connectivity index (χ2n) is 7.01. The van der Waals surface area contributed by atoms with Crippen LogP contribution in [0.1, 0.15) is 31.4 Å². The minimum Gasteiger partial charge on any atom is -0.343 e. The SMILES string of the molecule is CC1(C)O[C@@H](CN)C2(CC2N2CCc3ccccc3C2)O1. The maximum absolute atomic E-state index is 6.26. The lowest BCUT2D eigenvalue weighted by molar-refractivity contribution is -0.151. The van der Waals surface area contributed by atoms with Gasteiger partial charge >= 0.3 is 0 Å². The van der Waals surface area contributed by atoms with E-state index < -0.39 is 5.79 Å². The molecule has 2 N–H and O–H groups in total. The maximum Gasteiger partial charge on any atom is 0.164 e. The summed E-state index contributed by atoms with van der Waals surface area (Å²) < 4.78 is 12.3. The van der Waals surface area contributed by atoms with Crippen molar-refractivity contribution in [1.29, 1.82) is 0 Å². The first-order chi connectivity index (χ1) is 10.0. The Morgan fingerprint density at radius 1 is 1.29 bits per heavy atom. The Bertz CT molecular complexity index is 559. The predicted octanol–water partition coefficient (Wildman–Crippen LogP) is 1.67. The van der Waals surface area contributed by atoms with Crippen molar-refractivity contribution in [1.82, 2.24) is 4.90 Å². The topological polar surface area (TPSA) is 47.7 Å². The number of nitrogens with zero attached hydrogens (tertiary/aromatic N) is 1. The maximum atomic E-state index is 6.26. The van der Waals surface area contributed by atoms with Gasteiger partial charge in [-0.05, 0) is 37.8 Å². The third-order valence-corrected chi connectivity index (χ3v) is 5.14. The van der Waals surface area contributed by atoms with Gasteiger partial charge in [-0.3, -0.25) is 4.90 Å². The molecule has 3 atom stereocenters. The van der Waals surface area contributed by atoms with Crippen molar-refractivity contribution in [2.75, 3.05) is 13.1 Å². The zero-order chi connectivity index (χ0) is 14.7. The van der Waals surface area contributed by atoms with E-state index >= 15 is 0 Å². The van der Waals surface area contributed by atoms with Crippen LogP contribution in [0.4, 0.5) is 0 Å². The molecule has 1 aromatic rings. The van der Waals surface area contributed by atoms with Crippen molar-refractivity contribution in [2.24, 2.45) is 5.73 Å². The second-order valence-corrected chi connectivity index (χ2v) is 7.01. The van der Waals surface area contributed by atoms with Gasteiger partial charge in [0.25, 0.3) is 0 Å². The molecule has 1 saturated carbocycles. The number of rotatable bonds is 2. The third-order valence-electron chi connectivity index (χ3n) is 5.14. The van der Waals surface area contributed by atoms with Gasteiger partial charge in [0.2, 0.25) is 0 Å². The fourth-order valence-corrected chi connectivity index (χ4v) is 4.16. The lowest BCUT2D eigenvalue weighted by atomic mass is 9.99. The van der Waals surface area contributed by atoms with E-state index in [1.165, 1.54) is 11.1 Å². The molecule has 2 heterocycles. The molecule has 0 aromatic heterocycles. The van der Waals surface area contributed by atoms with E-state index in [1.807, 2.05) is 13.8 Å². The van der Waals surface area contributed by atoms with Crippen LogP contribution < -0.4 is 5.73 Å². The van der Waals surface area contributed by atoms with Gasteiger partial charge in [-0.25, -0.2) is 0 Å². The van der Waals surface area contributed by atoms with E-state index in [2.05, 4.69) is 29.2 Å². The molecule has 0 amide bonds. The van der Waals surface area contributed by atoms with Crippen LogP contribution in [-0.2, 0) is 22.4 Å². The number of nitrogens with two attached hydrogens (primary N) is 1. The number of benzene rings is 1. The Morgan fingerprint density at radius 2 is 2.05 bits per heavy atom. The molecule has 0 bridgehead atoms. The molecular weight excluding hydrogens is 264 g/mol. The van der Waals surface area contributed by atoms with Crippen LogP contribution in [0.3, 0.4) is 0 Å². The molecule has 1 aromatic carbocycles. The van der Waals surface area contributed by atoms with Gasteiger partial charge in [0.05, 0.1) is 0 Å². The quantitative estimate of drug-likeness (QED) is 0.899. The molecule has 4 heteroatoms. The summed E-state index contributed by atoms with van der Waals surface area (Å²) in [5.74, 6) is -0.507. The highest BCUT2D eigenvalue weighted by Gasteiger charge is 2.69. The van der Waals surface area contributed by atoms with Crippen molar-refractivity contribution in [3.05, 3.63) is 35.4 Å². The van der Waals surface area contributed by atoms with E-state index in [9.17, 15) is 0 Å². The number of hydrogen-bond donors (Lipinski definition) is 1. The summed E-state index contributed by atoms with van der Waals surface area (Å²) in [6.45, 7) is 6.63. The number of hydrogen-bond acceptors (Lipinski definition) is 4. The monoisotopic (exact) mass is 288 g/mol. The molecule has 4 nitrogen and oxygen atoms in total. The highest BCUT2D eigenvalue weighted by Crippen LogP contribution is 2.55. The van der Waals surface area contributed by atoms with Crippen molar-refractivity contribution in [2.45, 2.75) is 56.8 Å². The summed E-state index contributed by atoms with van der Waals surface area (Å²) in [6.07, 6.45) is 2.19. The smallest absolute Gasteiger partial charge is 0.164 e. The predicted molar refractivity (Wildman–Crippen MR) is 80.8 cm³/mol. The molecule has 1 spiro atoms. The molecule has 2 fully saturated rings. The summed E-state index contributed by atoms with van der Waals surface area (Å²) >= 11 is 0. The van der Waals surface area contributed by atoms with Gasteiger partial charge < -0.3 is 15.2 Å². The highest BCUT2D eigenvalue weighted by atomic mass is 16.8. The first kappa shape index (κ1) is 13.7. The van der Waals surface area contributed by atoms with Crippen LogP contribution in [0.15, 0.2) is 24.3 Å². The van der Waals surface area contributed by atoms with E-state index in [-0.39, 0.29) is 11.7 Å². The van der Waals surface area contributed by atoms with Crippen LogP contribution in [0.25, 0.3) is 0 Å². The van der Waals surface area contributed by atoms with Crippen molar-refractivity contribution in [3.8, 4) is 0 Å². The Balaban J connectivity index is 1.53. The zero-order valence-corrected chi connectivity index (χ0v) is 12.8. The first-order valence-electron chi connectivity index (χ1n) is 7.93. The summed E-state index contributed by atoms with van der Waals surface area (Å²) in [7, 11) is 0. The summed E-state index contributed by atoms with van der Waals surface area (Å²) in [5, 5.41) is 0. The molecule has 1 saturated heterocycles. The van der Waals surface area contributed by atoms with Crippen LogP contribution in [0.5, 0.6) is 0 Å². The van der Waals surface area contributed by atoms with E-state index in [1.54, 1.807) is 0 Å². The van der Waals surface area contributed by atoms with Gasteiger partial charge in [-0.15, -0.1) is 0 Å². The Hall–Kier alpha value is -0.940. The lowest BCUT2D eigenvalue weighted by Gasteiger charge is -2.31. The lowest BCUT2D eigenvalue weighted by Crippen LogP contribution is -2.42. The van der Waals surface area contributed by atoms with Crippen molar-refractivity contribution >= 4 is 0 Å². The van der Waals surface area contributed by atoms with Crippen LogP contribution in [0, 0.1) is 0 Å². The first-order valence-corrected chi connectivity index (χ1v) is 7.93. The molecule has 21 heavy (non-hydrogen) atoms. The molecular formula is C17H24N2O2. The Labute approximate surface area is 126 Å². The fraction of sp³-hybridized carbons (Fsp3) is 0.647. The highest BCUT2D eigenvalue weighted by molar-refractivity contribution is 5.31. The van der Waals surface area contributed by atoms with Crippen LogP contribution in [-0.4, -0.2) is 41.5 Å². The minimum atomic E-state index is -0.507. The van der Waals surface area contributed by atoms with Crippen LogP contribution >= 0.6 is 0 Å². The average Bonchev–Trinajstić information content (AvgIpc) is 3.11. The average molecular weight is 288 g/mol. The molecule has 1 aliphatic carbocycles. The standard InChI is InChI=1S/C17H24N2O2/c1-16(2)20-15(10-18)17(21-16)9-14(17)19-8-7-12-5-3-4-6-13(12)11-19/h3-6,14-15H,7-11,18H2,1-2H3/t14?,15-,17?/m0/s1. The van der Waals surface area contributed by atoms with Gasteiger partial charge in [0.1, 0.15) is 11.7 Å². The minimum absolute atomic E-state index is 0.0228. The van der Waals surface area contributed by atoms with E-state index in [0.29, 0.717) is 12.6 Å². The molecule has 2 aliphatic heterocycles. The Kier molecular flexibility index (Phi) is 2.95. The third kappa shape index (κ3) is 2.13.